The average molecular weight is 226 g/mol. The molecule has 0 saturated heterocycles. The Morgan fingerprint density at radius 3 is 2.65 bits per heavy atom. The normalized spacial score (nSPS) is 10.8. The molecule has 84 valence electrons. The summed E-state index contributed by atoms with van der Waals surface area (Å²) >= 11 is 0. The van der Waals surface area contributed by atoms with E-state index in [-0.39, 0.29) is 0 Å². The van der Waals surface area contributed by atoms with Gasteiger partial charge in [0, 0.05) is 11.6 Å². The molecule has 2 aromatic carbocycles. The minimum Gasteiger partial charge on any atom is -0.478 e. The molecule has 0 heterocycles. The predicted molar refractivity (Wildman–Crippen MR) is 66.0 cm³/mol. The van der Waals surface area contributed by atoms with Crippen LogP contribution < -0.4 is 0 Å². The number of benzene rings is 2. The van der Waals surface area contributed by atoms with E-state index in [1.165, 1.54) is 6.08 Å². The second-order valence-corrected chi connectivity index (χ2v) is 3.62. The van der Waals surface area contributed by atoms with Crippen LogP contribution in [0.25, 0.3) is 16.8 Å². The number of rotatable bonds is 3. The molecule has 17 heavy (non-hydrogen) atoms. The highest BCUT2D eigenvalue weighted by molar-refractivity contribution is 6.00. The molecule has 0 amide bonds. The first-order valence-corrected chi connectivity index (χ1v) is 5.09. The van der Waals surface area contributed by atoms with Crippen molar-refractivity contribution in [2.24, 2.45) is 0 Å². The number of hydrogen-bond donors (Lipinski definition) is 1. The lowest BCUT2D eigenvalue weighted by molar-refractivity contribution is -0.131. The molecular weight excluding hydrogens is 216 g/mol. The van der Waals surface area contributed by atoms with Crippen molar-refractivity contribution in [3.63, 3.8) is 0 Å². The van der Waals surface area contributed by atoms with E-state index in [1.54, 1.807) is 6.07 Å². The van der Waals surface area contributed by atoms with E-state index >= 15 is 0 Å². The zero-order chi connectivity index (χ0) is 12.3. The van der Waals surface area contributed by atoms with Crippen molar-refractivity contribution in [2.75, 3.05) is 0 Å². The lowest BCUT2D eigenvalue weighted by atomic mass is 10.0. The van der Waals surface area contributed by atoms with E-state index in [2.05, 4.69) is 0 Å². The van der Waals surface area contributed by atoms with Gasteiger partial charge in [0.15, 0.2) is 6.29 Å². The molecular formula is C14H10O3. The van der Waals surface area contributed by atoms with Gasteiger partial charge < -0.3 is 5.11 Å². The van der Waals surface area contributed by atoms with Crippen LogP contribution >= 0.6 is 0 Å². The lowest BCUT2D eigenvalue weighted by Gasteiger charge is -2.02. The highest BCUT2D eigenvalue weighted by atomic mass is 16.4. The smallest absolute Gasteiger partial charge is 0.328 e. The van der Waals surface area contributed by atoms with E-state index in [4.69, 9.17) is 5.11 Å². The van der Waals surface area contributed by atoms with Gasteiger partial charge in [0.25, 0.3) is 0 Å². The van der Waals surface area contributed by atoms with Crippen LogP contribution in [0.5, 0.6) is 0 Å². The van der Waals surface area contributed by atoms with Gasteiger partial charge in [-0.3, -0.25) is 4.79 Å². The van der Waals surface area contributed by atoms with Crippen LogP contribution in [-0.4, -0.2) is 17.4 Å². The summed E-state index contributed by atoms with van der Waals surface area (Å²) in [5, 5.41) is 10.3. The summed E-state index contributed by atoms with van der Waals surface area (Å²) in [7, 11) is 0. The number of hydrogen-bond acceptors (Lipinski definition) is 2. The Balaban J connectivity index is 2.60. The molecule has 3 heteroatoms. The zero-order valence-electron chi connectivity index (χ0n) is 8.96. The quantitative estimate of drug-likeness (QED) is 0.646. The summed E-state index contributed by atoms with van der Waals surface area (Å²) in [6.45, 7) is 0. The van der Waals surface area contributed by atoms with Crippen molar-refractivity contribution in [1.29, 1.82) is 0 Å². The van der Waals surface area contributed by atoms with Gasteiger partial charge in [0.2, 0.25) is 0 Å². The zero-order valence-corrected chi connectivity index (χ0v) is 8.96. The number of carboxylic acid groups (broad SMARTS) is 1. The van der Waals surface area contributed by atoms with Gasteiger partial charge in [-0.1, -0.05) is 24.3 Å². The highest BCUT2D eigenvalue weighted by Gasteiger charge is 2.01. The molecule has 0 unspecified atom stereocenters. The predicted octanol–water partition coefficient (Wildman–Crippen LogP) is 2.75. The first kappa shape index (κ1) is 11.1. The van der Waals surface area contributed by atoms with E-state index in [9.17, 15) is 9.59 Å². The number of aldehydes is 1. The third-order valence-electron chi connectivity index (χ3n) is 2.46. The van der Waals surface area contributed by atoms with Gasteiger partial charge >= 0.3 is 5.97 Å². The summed E-state index contributed by atoms with van der Waals surface area (Å²) < 4.78 is 0. The van der Waals surface area contributed by atoms with Gasteiger partial charge in [-0.25, -0.2) is 4.79 Å². The third-order valence-corrected chi connectivity index (χ3v) is 2.46. The first-order valence-electron chi connectivity index (χ1n) is 5.09. The van der Waals surface area contributed by atoms with Gasteiger partial charge in [0.1, 0.15) is 0 Å². The van der Waals surface area contributed by atoms with Crippen molar-refractivity contribution in [1.82, 2.24) is 0 Å². The Labute approximate surface area is 98.0 Å². The minimum absolute atomic E-state index is 0.563. The highest BCUT2D eigenvalue weighted by Crippen LogP contribution is 2.20. The second-order valence-electron chi connectivity index (χ2n) is 3.62. The number of carbonyl (C=O) groups is 2. The van der Waals surface area contributed by atoms with Crippen LogP contribution in [0.3, 0.4) is 0 Å². The average Bonchev–Trinajstić information content (AvgIpc) is 2.35. The molecule has 2 rings (SSSR count). The van der Waals surface area contributed by atoms with E-state index in [1.807, 2.05) is 30.3 Å². The summed E-state index contributed by atoms with van der Waals surface area (Å²) in [5.41, 5.74) is 1.27. The number of carbonyl (C=O) groups excluding carboxylic acids is 1. The van der Waals surface area contributed by atoms with E-state index in [0.717, 1.165) is 23.1 Å². The fourth-order valence-corrected chi connectivity index (χ4v) is 1.73. The maximum atomic E-state index is 11.0. The number of aliphatic carboxylic acids is 1. The maximum absolute atomic E-state index is 11.0. The molecule has 1 N–H and O–H groups in total. The van der Waals surface area contributed by atoms with Crippen molar-refractivity contribution in [2.45, 2.75) is 0 Å². The van der Waals surface area contributed by atoms with E-state index in [0.29, 0.717) is 11.1 Å². The molecule has 3 nitrogen and oxygen atoms in total. The molecule has 0 saturated carbocycles. The molecule has 0 aliphatic carbocycles. The Kier molecular flexibility index (Phi) is 3.01. The van der Waals surface area contributed by atoms with Crippen LogP contribution in [0.1, 0.15) is 15.9 Å². The van der Waals surface area contributed by atoms with Gasteiger partial charge in [-0.05, 0) is 34.5 Å². The summed E-state index contributed by atoms with van der Waals surface area (Å²) in [6.07, 6.45) is 3.31. The summed E-state index contributed by atoms with van der Waals surface area (Å²) in [5.74, 6) is -1.01. The van der Waals surface area contributed by atoms with Crippen LogP contribution in [0.15, 0.2) is 42.5 Å². The Hall–Kier alpha value is -2.42. The van der Waals surface area contributed by atoms with Crippen LogP contribution in [0.2, 0.25) is 0 Å². The molecule has 0 radical (unpaired) electrons. The maximum Gasteiger partial charge on any atom is 0.328 e. The van der Waals surface area contributed by atoms with Gasteiger partial charge in [-0.15, -0.1) is 0 Å². The van der Waals surface area contributed by atoms with Crippen LogP contribution in [-0.2, 0) is 4.79 Å². The molecule has 0 atom stereocenters. The van der Waals surface area contributed by atoms with Crippen molar-refractivity contribution < 1.29 is 14.7 Å². The van der Waals surface area contributed by atoms with E-state index < -0.39 is 5.97 Å². The molecule has 0 aromatic heterocycles. The monoisotopic (exact) mass is 226 g/mol. The Morgan fingerprint density at radius 1 is 1.18 bits per heavy atom. The fraction of sp³-hybridized carbons (Fsp3) is 0. The Bertz CT molecular complexity index is 612. The van der Waals surface area contributed by atoms with Crippen molar-refractivity contribution in [3.05, 3.63) is 53.6 Å². The van der Waals surface area contributed by atoms with Gasteiger partial charge in [0.05, 0.1) is 0 Å². The molecule has 0 aliphatic heterocycles. The Morgan fingerprint density at radius 2 is 1.94 bits per heavy atom. The van der Waals surface area contributed by atoms with Crippen molar-refractivity contribution in [3.8, 4) is 0 Å². The third kappa shape index (κ3) is 2.39. The number of carboxylic acids is 1. The fourth-order valence-electron chi connectivity index (χ4n) is 1.73. The molecule has 2 aromatic rings. The summed E-state index contributed by atoms with van der Waals surface area (Å²) in [4.78, 5) is 21.4. The summed E-state index contributed by atoms with van der Waals surface area (Å²) in [6, 6.07) is 11.0. The molecule has 0 bridgehead atoms. The standard InChI is InChI=1S/C14H10O3/c15-9-12-8-10(5-6-14(16)17)7-11-3-1-2-4-13(11)12/h1-9H,(H,16,17)/b6-5+. The number of fused-ring (bicyclic) bond motifs is 1. The van der Waals surface area contributed by atoms with Crippen LogP contribution in [0, 0.1) is 0 Å². The largest absolute Gasteiger partial charge is 0.478 e. The molecule has 0 fully saturated rings. The topological polar surface area (TPSA) is 54.4 Å². The molecule has 0 spiro atoms. The second kappa shape index (κ2) is 4.61. The van der Waals surface area contributed by atoms with Gasteiger partial charge in [-0.2, -0.15) is 0 Å². The SMILES string of the molecule is O=Cc1cc(/C=C/C(=O)O)cc2ccccc12. The minimum atomic E-state index is -1.01. The lowest BCUT2D eigenvalue weighted by Crippen LogP contribution is -1.88. The van der Waals surface area contributed by atoms with Crippen LogP contribution in [0.4, 0.5) is 0 Å². The molecule has 0 aliphatic rings. The van der Waals surface area contributed by atoms with Crippen molar-refractivity contribution >= 4 is 29.1 Å². The first-order chi connectivity index (χ1) is 8.20.